The summed E-state index contributed by atoms with van der Waals surface area (Å²) in [6.45, 7) is -0.0421. The summed E-state index contributed by atoms with van der Waals surface area (Å²) in [6, 6.07) is 13.0. The van der Waals surface area contributed by atoms with Crippen LogP contribution >= 0.6 is 27.5 Å². The Bertz CT molecular complexity index is 747. The number of nitrogens with one attached hydrogen (secondary N) is 1. The molecule has 0 aromatic heterocycles. The van der Waals surface area contributed by atoms with Gasteiger partial charge in [0.25, 0.3) is 5.91 Å². The Morgan fingerprint density at radius 2 is 2.00 bits per heavy atom. The third-order valence-electron chi connectivity index (χ3n) is 4.14. The number of halogens is 2. The molecule has 132 valence electrons. The molecular formula is C19H19BrClNO3. The largest absolute Gasteiger partial charge is 0.497 e. The first-order chi connectivity index (χ1) is 12.1. The van der Waals surface area contributed by atoms with Gasteiger partial charge in [0.05, 0.1) is 17.6 Å². The number of hydrogen-bond acceptors (Lipinski definition) is 3. The van der Waals surface area contributed by atoms with Crippen molar-refractivity contribution in [2.75, 3.05) is 13.7 Å². The highest BCUT2D eigenvalue weighted by Crippen LogP contribution is 2.41. The average Bonchev–Trinajstić information content (AvgIpc) is 3.44. The zero-order valence-electron chi connectivity index (χ0n) is 13.8. The molecule has 2 aromatic rings. The van der Waals surface area contributed by atoms with Crippen LogP contribution in [0.1, 0.15) is 24.4 Å². The zero-order chi connectivity index (χ0) is 17.8. The summed E-state index contributed by atoms with van der Waals surface area (Å²) in [5, 5.41) is 3.70. The second-order valence-electron chi connectivity index (χ2n) is 6.02. The molecule has 0 aliphatic heterocycles. The quantitative estimate of drug-likeness (QED) is 0.697. The van der Waals surface area contributed by atoms with E-state index < -0.39 is 0 Å². The Hall–Kier alpha value is -1.72. The minimum absolute atomic E-state index is 0.00987. The summed E-state index contributed by atoms with van der Waals surface area (Å²) >= 11 is 9.28. The van der Waals surface area contributed by atoms with Crippen molar-refractivity contribution in [1.82, 2.24) is 5.32 Å². The first kappa shape index (κ1) is 18.1. The van der Waals surface area contributed by atoms with E-state index in [-0.39, 0.29) is 18.6 Å². The molecule has 0 saturated heterocycles. The predicted octanol–water partition coefficient (Wildman–Crippen LogP) is 4.76. The molecule has 0 heterocycles. The molecule has 25 heavy (non-hydrogen) atoms. The highest BCUT2D eigenvalue weighted by atomic mass is 79.9. The number of ether oxygens (including phenoxy) is 2. The topological polar surface area (TPSA) is 47.6 Å². The molecule has 1 amide bonds. The Balaban J connectivity index is 1.61. The number of hydrogen-bond donors (Lipinski definition) is 1. The SMILES string of the molecule is COc1ccc(C(NC(=O)COc2ccc(Cl)cc2Br)C2CC2)cc1. The first-order valence-electron chi connectivity index (χ1n) is 8.08. The summed E-state index contributed by atoms with van der Waals surface area (Å²) in [6.07, 6.45) is 2.25. The van der Waals surface area contributed by atoms with Gasteiger partial charge < -0.3 is 14.8 Å². The number of rotatable bonds is 7. The Kier molecular flexibility index (Phi) is 5.86. The molecule has 4 nitrogen and oxygen atoms in total. The maximum Gasteiger partial charge on any atom is 0.258 e. The van der Waals surface area contributed by atoms with Crippen LogP contribution in [0.5, 0.6) is 11.5 Å². The lowest BCUT2D eigenvalue weighted by Crippen LogP contribution is -2.33. The van der Waals surface area contributed by atoms with E-state index in [1.165, 1.54) is 0 Å². The maximum atomic E-state index is 12.3. The third kappa shape index (κ3) is 4.89. The average molecular weight is 425 g/mol. The standard InChI is InChI=1S/C19H19BrClNO3/c1-24-15-7-4-13(5-8-15)19(12-2-3-12)22-18(23)11-25-17-9-6-14(21)10-16(17)20/h4-10,12,19H,2-3,11H2,1H3,(H,22,23). The van der Waals surface area contributed by atoms with Crippen LogP contribution in [0.15, 0.2) is 46.9 Å². The van der Waals surface area contributed by atoms with Crippen molar-refractivity contribution >= 4 is 33.4 Å². The van der Waals surface area contributed by atoms with E-state index in [1.807, 2.05) is 24.3 Å². The van der Waals surface area contributed by atoms with Gasteiger partial charge in [0.15, 0.2) is 6.61 Å². The van der Waals surface area contributed by atoms with Gasteiger partial charge in [0.1, 0.15) is 11.5 Å². The van der Waals surface area contributed by atoms with E-state index in [2.05, 4.69) is 21.2 Å². The molecule has 1 atom stereocenters. The third-order valence-corrected chi connectivity index (χ3v) is 4.99. The fourth-order valence-corrected chi connectivity index (χ4v) is 3.46. The van der Waals surface area contributed by atoms with Crippen molar-refractivity contribution in [3.8, 4) is 11.5 Å². The van der Waals surface area contributed by atoms with Crippen molar-refractivity contribution < 1.29 is 14.3 Å². The van der Waals surface area contributed by atoms with Crippen LogP contribution in [0.3, 0.4) is 0 Å². The molecule has 1 saturated carbocycles. The van der Waals surface area contributed by atoms with Gasteiger partial charge in [0, 0.05) is 5.02 Å². The minimum Gasteiger partial charge on any atom is -0.497 e. The van der Waals surface area contributed by atoms with Crippen LogP contribution in [0, 0.1) is 5.92 Å². The molecule has 1 aliphatic rings. The smallest absolute Gasteiger partial charge is 0.258 e. The molecule has 0 spiro atoms. The van der Waals surface area contributed by atoms with E-state index in [9.17, 15) is 4.79 Å². The van der Waals surface area contributed by atoms with E-state index in [0.717, 1.165) is 28.6 Å². The molecule has 1 N–H and O–H groups in total. The summed E-state index contributed by atoms with van der Waals surface area (Å²) in [7, 11) is 1.64. The van der Waals surface area contributed by atoms with Crippen LogP contribution < -0.4 is 14.8 Å². The van der Waals surface area contributed by atoms with Crippen LogP contribution in [0.25, 0.3) is 0 Å². The van der Waals surface area contributed by atoms with Crippen molar-refractivity contribution in [1.29, 1.82) is 0 Å². The fourth-order valence-electron chi connectivity index (χ4n) is 2.66. The Morgan fingerprint density at radius 1 is 1.28 bits per heavy atom. The van der Waals surface area contributed by atoms with Crippen LogP contribution in [-0.4, -0.2) is 19.6 Å². The Labute approximate surface area is 160 Å². The molecule has 2 aromatic carbocycles. The molecule has 6 heteroatoms. The van der Waals surface area contributed by atoms with Crippen molar-refractivity contribution in [2.45, 2.75) is 18.9 Å². The first-order valence-corrected chi connectivity index (χ1v) is 9.25. The van der Waals surface area contributed by atoms with Crippen LogP contribution in [0.4, 0.5) is 0 Å². The minimum atomic E-state index is -0.144. The number of amides is 1. The fraction of sp³-hybridized carbons (Fsp3) is 0.316. The molecule has 1 fully saturated rings. The Morgan fingerprint density at radius 3 is 2.60 bits per heavy atom. The van der Waals surface area contributed by atoms with E-state index in [1.54, 1.807) is 25.3 Å². The number of carbonyl (C=O) groups excluding carboxylic acids is 1. The molecule has 1 unspecified atom stereocenters. The van der Waals surface area contributed by atoms with Gasteiger partial charge in [-0.25, -0.2) is 0 Å². The number of carbonyl (C=O) groups is 1. The van der Waals surface area contributed by atoms with Crippen molar-refractivity contribution in [3.63, 3.8) is 0 Å². The van der Waals surface area contributed by atoms with E-state index >= 15 is 0 Å². The monoisotopic (exact) mass is 423 g/mol. The lowest BCUT2D eigenvalue weighted by molar-refractivity contribution is -0.124. The summed E-state index contributed by atoms with van der Waals surface area (Å²) < 4.78 is 11.5. The van der Waals surface area contributed by atoms with Gasteiger partial charge >= 0.3 is 0 Å². The van der Waals surface area contributed by atoms with Crippen LogP contribution in [0.2, 0.25) is 5.02 Å². The molecule has 1 aliphatic carbocycles. The zero-order valence-corrected chi connectivity index (χ0v) is 16.1. The van der Waals surface area contributed by atoms with E-state index in [0.29, 0.717) is 16.7 Å². The lowest BCUT2D eigenvalue weighted by Gasteiger charge is -2.19. The maximum absolute atomic E-state index is 12.3. The van der Waals surface area contributed by atoms with Crippen LogP contribution in [-0.2, 0) is 4.79 Å². The van der Waals surface area contributed by atoms with Gasteiger partial charge in [-0.3, -0.25) is 4.79 Å². The van der Waals surface area contributed by atoms with Gasteiger partial charge in [-0.15, -0.1) is 0 Å². The van der Waals surface area contributed by atoms with E-state index in [4.69, 9.17) is 21.1 Å². The molecule has 0 radical (unpaired) electrons. The van der Waals surface area contributed by atoms with Gasteiger partial charge in [0.2, 0.25) is 0 Å². The highest BCUT2D eigenvalue weighted by molar-refractivity contribution is 9.10. The van der Waals surface area contributed by atoms with Crippen molar-refractivity contribution in [2.24, 2.45) is 5.92 Å². The normalized spacial score (nSPS) is 14.7. The van der Waals surface area contributed by atoms with Gasteiger partial charge in [-0.05, 0) is 70.6 Å². The lowest BCUT2D eigenvalue weighted by atomic mass is 10.0. The van der Waals surface area contributed by atoms with Crippen molar-refractivity contribution in [3.05, 3.63) is 57.5 Å². The van der Waals surface area contributed by atoms with Gasteiger partial charge in [-0.1, -0.05) is 23.7 Å². The summed E-state index contributed by atoms with van der Waals surface area (Å²) in [5.74, 6) is 1.74. The molecular weight excluding hydrogens is 406 g/mol. The second-order valence-corrected chi connectivity index (χ2v) is 7.31. The molecule has 0 bridgehead atoms. The number of benzene rings is 2. The second kappa shape index (κ2) is 8.11. The summed E-state index contributed by atoms with van der Waals surface area (Å²) in [4.78, 5) is 12.3. The van der Waals surface area contributed by atoms with Gasteiger partial charge in [-0.2, -0.15) is 0 Å². The number of methoxy groups -OCH3 is 1. The predicted molar refractivity (Wildman–Crippen MR) is 101 cm³/mol. The highest BCUT2D eigenvalue weighted by Gasteiger charge is 2.33. The molecule has 3 rings (SSSR count). The summed E-state index contributed by atoms with van der Waals surface area (Å²) in [5.41, 5.74) is 1.09.